The Hall–Kier alpha value is -9.83. The second kappa shape index (κ2) is 66.1. The topological polar surface area (TPSA) is 197 Å². The van der Waals surface area contributed by atoms with Crippen LogP contribution in [0.1, 0.15) is 500 Å². The molecule has 16 heteroatoms. The SMILES string of the molecule is CCCCCCCCCCCCCCCCC(=O)N(Cc1ccc(Cn2c(CCCC)nc3c(N)nc4ccccc4c32)cc1)C(C)(C)C.CCCCCCCCCCCCCCCCC(=O)NCc1ccc(Cn2c(CCCC)nc3c(CC(C)(C)C)nc4ccccc4c32)cc1.CCCCCCCCCCCCCCCCCC(=O)NCc1ccc(Cn2c(CCCC)nc3c(CC(C)(C)C)nc4ccccc4c32)cc1. The van der Waals surface area contributed by atoms with E-state index in [9.17, 15) is 14.4 Å². The van der Waals surface area contributed by atoms with Crippen LogP contribution in [0.15, 0.2) is 146 Å². The molecule has 0 saturated heterocycles. The van der Waals surface area contributed by atoms with E-state index in [1.807, 2.05) is 12.1 Å². The lowest BCUT2D eigenvalue weighted by Crippen LogP contribution is -2.45. The van der Waals surface area contributed by atoms with Crippen molar-refractivity contribution in [3.05, 3.63) is 208 Å². The van der Waals surface area contributed by atoms with E-state index in [1.54, 1.807) is 0 Å². The average Bonchev–Trinajstić information content (AvgIpc) is 1.60. The molecular weight excluding hydrogens is 1820 g/mol. The third kappa shape index (κ3) is 41.7. The standard InChI is InChI=1S/C45H68N4O.C44H66N4O.C43H65N5O/c1-6-8-10-11-12-13-14-15-16-17-18-19-20-21-22-28-42(50)46-34-36-29-31-37(32-30-36)35-49-41(27-9-7-2)48-43-40(33-45(3,4)5)47-39-26-24-23-25-38(39)44(43)49;1-6-8-10-11-12-13-14-15-16-17-18-19-20-21-27-41(49)45-33-35-28-30-36(31-29-35)34-48-40(26-9-7-2)47-42-39(32-44(3,4)5)46-38-25-23-22-24-37(38)43(42)48;1-6-8-10-11-12-13-14-15-16-17-18-19-20-21-27-39(49)48(43(3,4)5)33-35-30-28-34(29-31-35)32-47-38(26-9-7-2)46-40-41(47)36-24-22-23-25-37(36)45-42(40)44/h23-26,29-32H,6-22,27-28,33-35H2,1-5H3,(H,46,50);22-25,28-31H,6-21,26-27,32-34H2,1-5H3,(H,45,49);22-25,28-31H,6-21,26-27,32-33H2,1-5H3,(H2,44,45). The van der Waals surface area contributed by atoms with Gasteiger partial charge in [0, 0.05) is 99.5 Å². The van der Waals surface area contributed by atoms with E-state index >= 15 is 0 Å². The fourth-order valence-corrected chi connectivity index (χ4v) is 21.2. The molecule has 4 N–H and O–H groups in total. The number of unbranched alkanes of at least 4 members (excludes halogenated alkanes) is 43. The van der Waals surface area contributed by atoms with E-state index in [2.05, 4.69) is 272 Å². The van der Waals surface area contributed by atoms with E-state index in [1.165, 1.54) is 276 Å². The van der Waals surface area contributed by atoms with Crippen LogP contribution in [0.25, 0.3) is 65.8 Å². The Labute approximate surface area is 896 Å². The van der Waals surface area contributed by atoms with Gasteiger partial charge in [-0.1, -0.05) is 487 Å². The highest BCUT2D eigenvalue weighted by Crippen LogP contribution is 2.38. The maximum Gasteiger partial charge on any atom is 0.223 e. The number of benzene rings is 6. The van der Waals surface area contributed by atoms with Crippen LogP contribution in [0, 0.1) is 10.8 Å². The van der Waals surface area contributed by atoms with Crippen LogP contribution < -0.4 is 16.4 Å². The van der Waals surface area contributed by atoms with Crippen LogP contribution in [-0.2, 0) is 85.8 Å². The molecule has 12 rings (SSSR count). The number of carbonyl (C=O) groups excluding carboxylic acids is 3. The van der Waals surface area contributed by atoms with Crippen LogP contribution in [0.4, 0.5) is 5.82 Å². The van der Waals surface area contributed by atoms with Crippen LogP contribution in [0.3, 0.4) is 0 Å². The largest absolute Gasteiger partial charge is 0.382 e. The van der Waals surface area contributed by atoms with E-state index in [-0.39, 0.29) is 34.1 Å². The Morgan fingerprint density at radius 2 is 0.534 bits per heavy atom. The van der Waals surface area contributed by atoms with Crippen molar-refractivity contribution in [3.63, 3.8) is 0 Å². The zero-order valence-electron chi connectivity index (χ0n) is 95.7. The Balaban J connectivity index is 0.000000227. The smallest absolute Gasteiger partial charge is 0.223 e. The number of nitrogen functional groups attached to an aromatic ring is 1. The second-order valence-electron chi connectivity index (χ2n) is 46.9. The van der Waals surface area contributed by atoms with Crippen molar-refractivity contribution in [1.29, 1.82) is 0 Å². The fourth-order valence-electron chi connectivity index (χ4n) is 21.2. The molecule has 0 radical (unpaired) electrons. The zero-order chi connectivity index (χ0) is 106. The van der Waals surface area contributed by atoms with Gasteiger partial charge >= 0.3 is 0 Å². The van der Waals surface area contributed by atoms with Gasteiger partial charge < -0.3 is 35.0 Å². The fraction of sp³-hybridized carbons (Fsp3) is 0.614. The number of amides is 3. The minimum absolute atomic E-state index is 0.118. The summed E-state index contributed by atoms with van der Waals surface area (Å²) in [4.78, 5) is 71.1. The highest BCUT2D eigenvalue weighted by molar-refractivity contribution is 6.07. The van der Waals surface area contributed by atoms with Gasteiger partial charge in [0.05, 0.1) is 44.5 Å². The van der Waals surface area contributed by atoms with Crippen LogP contribution >= 0.6 is 0 Å². The van der Waals surface area contributed by atoms with Gasteiger partial charge in [-0.25, -0.2) is 19.9 Å². The molecule has 0 bridgehead atoms. The van der Waals surface area contributed by atoms with Gasteiger partial charge in [0.15, 0.2) is 5.82 Å². The summed E-state index contributed by atoms with van der Waals surface area (Å²) >= 11 is 0. The van der Waals surface area contributed by atoms with E-state index in [0.717, 1.165) is 212 Å². The molecule has 3 amide bonds. The number of rotatable bonds is 69. The first-order valence-electron chi connectivity index (χ1n) is 59.9. The van der Waals surface area contributed by atoms with E-state index < -0.39 is 0 Å². The van der Waals surface area contributed by atoms with E-state index in [4.69, 9.17) is 30.7 Å². The molecule has 148 heavy (non-hydrogen) atoms. The van der Waals surface area contributed by atoms with Crippen LogP contribution in [0.2, 0.25) is 0 Å². The second-order valence-corrected chi connectivity index (χ2v) is 46.9. The molecule has 6 aromatic carbocycles. The summed E-state index contributed by atoms with van der Waals surface area (Å²) in [6, 6.07) is 51.5. The molecule has 0 saturated carbocycles. The lowest BCUT2D eigenvalue weighted by molar-refractivity contribution is -0.137. The van der Waals surface area contributed by atoms with Crippen molar-refractivity contribution in [2.24, 2.45) is 10.8 Å². The monoisotopic (exact) mass is 2010 g/mol. The summed E-state index contributed by atoms with van der Waals surface area (Å²) in [5.41, 5.74) is 25.1. The Morgan fingerprint density at radius 3 is 0.824 bits per heavy atom. The maximum atomic E-state index is 13.5. The number of anilines is 1. The first kappa shape index (κ1) is 120. The molecule has 12 aromatic rings. The van der Waals surface area contributed by atoms with Crippen molar-refractivity contribution < 1.29 is 14.4 Å². The Kier molecular flexibility index (Phi) is 53.6. The molecule has 810 valence electrons. The third-order valence-electron chi connectivity index (χ3n) is 29.8. The molecule has 0 aliphatic carbocycles. The number of nitrogens with two attached hydrogens (primary N) is 1. The summed E-state index contributed by atoms with van der Waals surface area (Å²) in [5.74, 6) is 4.43. The number of hydrogen-bond acceptors (Lipinski definition) is 10. The van der Waals surface area contributed by atoms with Gasteiger partial charge in [-0.2, -0.15) is 0 Å². The van der Waals surface area contributed by atoms with Gasteiger partial charge in [0.25, 0.3) is 0 Å². The molecule has 0 spiro atoms. The quantitative estimate of drug-likeness (QED) is 0.0309. The van der Waals surface area contributed by atoms with Gasteiger partial charge in [-0.15, -0.1) is 0 Å². The Bertz CT molecular complexity index is 5800. The predicted molar refractivity (Wildman–Crippen MR) is 632 cm³/mol. The number of carbonyl (C=O) groups is 3. The van der Waals surface area contributed by atoms with Gasteiger partial charge in [0.2, 0.25) is 17.7 Å². The molecule has 6 aromatic heterocycles. The number of aryl methyl sites for hydroxylation is 3. The van der Waals surface area contributed by atoms with Crippen molar-refractivity contribution in [2.45, 2.75) is 515 Å². The number of hydrogen-bond donors (Lipinski definition) is 3. The molecular formula is C132H199N13O3. The van der Waals surface area contributed by atoms with E-state index in [0.29, 0.717) is 51.3 Å². The minimum atomic E-state index is -0.231. The van der Waals surface area contributed by atoms with Gasteiger partial charge in [-0.3, -0.25) is 24.4 Å². The maximum absolute atomic E-state index is 13.5. The van der Waals surface area contributed by atoms with Crippen LogP contribution in [0.5, 0.6) is 0 Å². The van der Waals surface area contributed by atoms with Crippen molar-refractivity contribution in [3.8, 4) is 0 Å². The number of fused-ring (bicyclic) bond motifs is 9. The molecule has 0 unspecified atom stereocenters. The van der Waals surface area contributed by atoms with Crippen molar-refractivity contribution in [1.82, 2.24) is 59.1 Å². The predicted octanol–water partition coefficient (Wildman–Crippen LogP) is 36.0. The van der Waals surface area contributed by atoms with Gasteiger partial charge in [0.1, 0.15) is 34.0 Å². The average molecular weight is 2020 g/mol. The summed E-state index contributed by atoms with van der Waals surface area (Å²) in [5, 5.41) is 9.73. The first-order valence-corrected chi connectivity index (χ1v) is 59.9. The van der Waals surface area contributed by atoms with Crippen molar-refractivity contribution in [2.75, 3.05) is 5.73 Å². The Morgan fingerprint density at radius 1 is 0.284 bits per heavy atom. The highest BCUT2D eigenvalue weighted by Gasteiger charge is 2.29. The number of nitrogens with one attached hydrogen (secondary N) is 2. The number of nitrogens with zero attached hydrogens (tertiary/aromatic N) is 10. The molecule has 0 aliphatic heterocycles. The summed E-state index contributed by atoms with van der Waals surface area (Å²) in [7, 11) is 0. The molecule has 6 heterocycles. The zero-order valence-corrected chi connectivity index (χ0v) is 95.7. The number of imidazole rings is 3. The normalized spacial score (nSPS) is 11.9. The molecule has 0 atom stereocenters. The van der Waals surface area contributed by atoms with Crippen LogP contribution in [-0.4, -0.2) is 71.8 Å². The minimum Gasteiger partial charge on any atom is -0.382 e. The number of para-hydroxylation sites is 3. The van der Waals surface area contributed by atoms with Gasteiger partial charge in [-0.05, 0) is 135 Å². The summed E-state index contributed by atoms with van der Waals surface area (Å²) in [6.45, 7) is 37.7. The first-order chi connectivity index (χ1) is 71.8. The summed E-state index contributed by atoms with van der Waals surface area (Å²) < 4.78 is 7.21. The number of pyridine rings is 3. The molecule has 0 aliphatic rings. The molecule has 0 fully saturated rings. The highest BCUT2D eigenvalue weighted by atomic mass is 16.2. The third-order valence-corrected chi connectivity index (χ3v) is 29.8. The molecule has 16 nitrogen and oxygen atoms in total. The number of aromatic nitrogens is 9. The van der Waals surface area contributed by atoms with Crippen molar-refractivity contribution >= 4 is 89.3 Å². The summed E-state index contributed by atoms with van der Waals surface area (Å²) in [6.07, 6.45) is 70.5. The lowest BCUT2D eigenvalue weighted by Gasteiger charge is -2.36. The lowest BCUT2D eigenvalue weighted by atomic mass is 9.89.